The number of halogens is 1. The largest absolute Gasteiger partial charge is 0.385 e. The van der Waals surface area contributed by atoms with Gasteiger partial charge in [0.1, 0.15) is 6.04 Å². The second kappa shape index (κ2) is 9.53. The Balaban J connectivity index is 0.00000289. The van der Waals surface area contributed by atoms with Crippen LogP contribution in [-0.2, 0) is 21.7 Å². The molecule has 5 rings (SSSR count). The molecule has 3 aliphatic rings. The minimum absolute atomic E-state index is 0. The highest BCUT2D eigenvalue weighted by Gasteiger charge is 2.46. The van der Waals surface area contributed by atoms with Crippen molar-refractivity contribution in [3.8, 4) is 0 Å². The molecule has 2 saturated heterocycles. The smallest absolute Gasteiger partial charge is 0.262 e. The number of carbonyl (C=O) groups excluding carboxylic acids is 4. The summed E-state index contributed by atoms with van der Waals surface area (Å²) in [6.45, 7) is 3.58. The molecular weight excluding hydrogens is 470 g/mol. The zero-order valence-electron chi connectivity index (χ0n) is 19.4. The fraction of sp³-hybridized carbons (Fsp3) is 0.385. The lowest BCUT2D eigenvalue weighted by atomic mass is 9.80. The van der Waals surface area contributed by atoms with Gasteiger partial charge in [-0.1, -0.05) is 36.4 Å². The molecule has 3 heterocycles. The quantitative estimate of drug-likeness (QED) is 0.628. The Morgan fingerprint density at radius 1 is 1.03 bits per heavy atom. The van der Waals surface area contributed by atoms with Gasteiger partial charge in [-0.15, -0.1) is 12.4 Å². The average Bonchev–Trinajstić information content (AvgIpc) is 3.06. The number of imide groups is 2. The first-order valence-corrected chi connectivity index (χ1v) is 11.6. The Morgan fingerprint density at radius 2 is 1.74 bits per heavy atom. The van der Waals surface area contributed by atoms with Gasteiger partial charge in [-0.2, -0.15) is 0 Å². The Kier molecular flexibility index (Phi) is 6.81. The van der Waals surface area contributed by atoms with E-state index in [-0.39, 0.29) is 42.4 Å². The molecule has 0 spiro atoms. The number of aliphatic hydroxyl groups is 1. The van der Waals surface area contributed by atoms with Crippen LogP contribution in [0.25, 0.3) is 0 Å². The number of hydrogen-bond acceptors (Lipinski definition) is 6. The average molecular weight is 498 g/mol. The lowest BCUT2D eigenvalue weighted by molar-refractivity contribution is -0.136. The van der Waals surface area contributed by atoms with Crippen molar-refractivity contribution in [2.45, 2.75) is 56.8 Å². The number of likely N-dealkylation sites (tertiary alicyclic amines) is 1. The molecule has 0 bridgehead atoms. The molecule has 3 aliphatic heterocycles. The first kappa shape index (κ1) is 25.0. The van der Waals surface area contributed by atoms with Crippen molar-refractivity contribution in [1.82, 2.24) is 15.1 Å². The van der Waals surface area contributed by atoms with Gasteiger partial charge in [-0.25, -0.2) is 0 Å². The van der Waals surface area contributed by atoms with E-state index in [1.807, 2.05) is 18.2 Å². The number of piperidine rings is 2. The predicted octanol–water partition coefficient (Wildman–Crippen LogP) is 2.38. The lowest BCUT2D eigenvalue weighted by Gasteiger charge is -2.43. The zero-order chi connectivity index (χ0) is 24.0. The Morgan fingerprint density at radius 3 is 2.43 bits per heavy atom. The van der Waals surface area contributed by atoms with Crippen molar-refractivity contribution in [1.29, 1.82) is 0 Å². The van der Waals surface area contributed by atoms with Crippen LogP contribution in [0, 0.1) is 0 Å². The molecule has 2 fully saturated rings. The van der Waals surface area contributed by atoms with E-state index in [4.69, 9.17) is 0 Å². The summed E-state index contributed by atoms with van der Waals surface area (Å²) >= 11 is 0. The third-order valence-electron chi connectivity index (χ3n) is 7.27. The van der Waals surface area contributed by atoms with E-state index in [9.17, 15) is 24.3 Å². The molecule has 3 atom stereocenters. The molecule has 0 radical (unpaired) electrons. The lowest BCUT2D eigenvalue weighted by Crippen LogP contribution is -2.54. The van der Waals surface area contributed by atoms with Gasteiger partial charge < -0.3 is 5.11 Å². The second-order valence-corrected chi connectivity index (χ2v) is 9.50. The highest BCUT2D eigenvalue weighted by atomic mass is 35.5. The van der Waals surface area contributed by atoms with Crippen LogP contribution >= 0.6 is 12.4 Å². The molecule has 2 aromatic rings. The second-order valence-electron chi connectivity index (χ2n) is 9.50. The van der Waals surface area contributed by atoms with Crippen molar-refractivity contribution < 1.29 is 24.3 Å². The summed E-state index contributed by atoms with van der Waals surface area (Å²) in [6, 6.07) is 14.2. The van der Waals surface area contributed by atoms with Crippen LogP contribution in [0.2, 0.25) is 0 Å². The van der Waals surface area contributed by atoms with Gasteiger partial charge in [0, 0.05) is 25.6 Å². The fourth-order valence-corrected chi connectivity index (χ4v) is 5.34. The summed E-state index contributed by atoms with van der Waals surface area (Å²) in [6.07, 6.45) is 1.19. The van der Waals surface area contributed by atoms with Crippen molar-refractivity contribution >= 4 is 36.0 Å². The topological polar surface area (TPSA) is 107 Å². The minimum Gasteiger partial charge on any atom is -0.385 e. The molecule has 3 unspecified atom stereocenters. The van der Waals surface area contributed by atoms with Crippen molar-refractivity contribution in [2.24, 2.45) is 0 Å². The molecule has 2 aromatic carbocycles. The molecule has 0 aromatic heterocycles. The van der Waals surface area contributed by atoms with E-state index in [1.165, 1.54) is 5.56 Å². The molecule has 8 nitrogen and oxygen atoms in total. The molecule has 2 N–H and O–H groups in total. The third kappa shape index (κ3) is 4.49. The van der Waals surface area contributed by atoms with E-state index in [0.717, 1.165) is 11.4 Å². The summed E-state index contributed by atoms with van der Waals surface area (Å²) in [5, 5.41) is 13.7. The van der Waals surface area contributed by atoms with Gasteiger partial charge in [0.2, 0.25) is 11.8 Å². The van der Waals surface area contributed by atoms with Gasteiger partial charge in [0.05, 0.1) is 16.7 Å². The number of rotatable bonds is 4. The molecule has 0 aliphatic carbocycles. The minimum atomic E-state index is -1.12. The van der Waals surface area contributed by atoms with Crippen LogP contribution in [0.15, 0.2) is 48.5 Å². The zero-order valence-corrected chi connectivity index (χ0v) is 20.2. The maximum Gasteiger partial charge on any atom is 0.262 e. The number of hydrogen-bond donors (Lipinski definition) is 2. The van der Waals surface area contributed by atoms with Gasteiger partial charge in [-0.05, 0) is 49.4 Å². The highest BCUT2D eigenvalue weighted by Crippen LogP contribution is 2.38. The molecule has 9 heteroatoms. The van der Waals surface area contributed by atoms with Crippen LogP contribution in [0.4, 0.5) is 0 Å². The maximum atomic E-state index is 13.1. The summed E-state index contributed by atoms with van der Waals surface area (Å²) < 4.78 is 0. The van der Waals surface area contributed by atoms with Crippen molar-refractivity contribution in [3.63, 3.8) is 0 Å². The molecule has 35 heavy (non-hydrogen) atoms. The first-order valence-electron chi connectivity index (χ1n) is 11.6. The van der Waals surface area contributed by atoms with Crippen LogP contribution < -0.4 is 5.32 Å². The third-order valence-corrected chi connectivity index (χ3v) is 7.27. The normalized spacial score (nSPS) is 26.9. The van der Waals surface area contributed by atoms with Crippen LogP contribution in [0.5, 0.6) is 0 Å². The van der Waals surface area contributed by atoms with Gasteiger partial charge >= 0.3 is 0 Å². The molecule has 4 amide bonds. The number of fused-ring (bicyclic) bond motifs is 1. The van der Waals surface area contributed by atoms with Crippen LogP contribution in [-0.4, -0.2) is 57.2 Å². The van der Waals surface area contributed by atoms with E-state index < -0.39 is 35.3 Å². The van der Waals surface area contributed by atoms with Crippen molar-refractivity contribution in [2.75, 3.05) is 6.54 Å². The molecule has 0 saturated carbocycles. The van der Waals surface area contributed by atoms with E-state index in [1.54, 1.807) is 18.2 Å². The van der Waals surface area contributed by atoms with E-state index >= 15 is 0 Å². The Hall–Kier alpha value is -3.07. The number of nitrogens with zero attached hydrogens (tertiary/aromatic N) is 2. The Labute approximate surface area is 209 Å². The molecule has 184 valence electrons. The maximum absolute atomic E-state index is 13.1. The number of carbonyl (C=O) groups is 4. The number of nitrogens with one attached hydrogen (secondary N) is 1. The first-order chi connectivity index (χ1) is 16.3. The predicted molar refractivity (Wildman–Crippen MR) is 130 cm³/mol. The van der Waals surface area contributed by atoms with Gasteiger partial charge in [0.25, 0.3) is 11.8 Å². The van der Waals surface area contributed by atoms with Crippen molar-refractivity contribution in [3.05, 3.63) is 70.8 Å². The van der Waals surface area contributed by atoms with Gasteiger partial charge in [0.15, 0.2) is 0 Å². The van der Waals surface area contributed by atoms with Crippen LogP contribution in [0.1, 0.15) is 64.4 Å². The molecular formula is C26H28ClN3O5. The van der Waals surface area contributed by atoms with Crippen LogP contribution in [0.3, 0.4) is 0 Å². The number of benzene rings is 2. The summed E-state index contributed by atoms with van der Waals surface area (Å²) in [5.74, 6) is -2.15. The number of amides is 4. The Bertz CT molecular complexity index is 1190. The van der Waals surface area contributed by atoms with E-state index in [2.05, 4.69) is 29.3 Å². The van der Waals surface area contributed by atoms with Gasteiger partial charge in [-0.3, -0.25) is 34.3 Å². The monoisotopic (exact) mass is 497 g/mol. The summed E-state index contributed by atoms with van der Waals surface area (Å²) in [7, 11) is 0. The SMILES string of the molecule is CC1CC(O)(c2ccc3c(c2)C(=O)N(C2CCC(=O)NC2=O)C3=O)CCN1Cc1ccccc1.Cl. The summed E-state index contributed by atoms with van der Waals surface area (Å²) in [4.78, 5) is 53.1. The standard InChI is InChI=1S/C26H27N3O5.ClH/c1-16-14-26(34,11-12-28(16)15-17-5-3-2-4-6-17)18-7-8-19-20(13-18)25(33)29(24(19)32)21-9-10-22(30)27-23(21)31;/h2-8,13,16,21,34H,9-12,14-15H2,1H3,(H,27,30,31);1H. The highest BCUT2D eigenvalue weighted by molar-refractivity contribution is 6.23. The van der Waals surface area contributed by atoms with E-state index in [0.29, 0.717) is 24.9 Å². The fourth-order valence-electron chi connectivity index (χ4n) is 5.34. The summed E-state index contributed by atoms with van der Waals surface area (Å²) in [5.41, 5.74) is 1.11.